The summed E-state index contributed by atoms with van der Waals surface area (Å²) in [7, 11) is 0. The van der Waals surface area contributed by atoms with Gasteiger partial charge in [0.05, 0.1) is 23.0 Å². The Hall–Kier alpha value is -3.23. The van der Waals surface area contributed by atoms with E-state index in [9.17, 15) is 9.59 Å². The molecular weight excluding hydrogens is 488 g/mol. The molecule has 1 aliphatic rings. The number of fused-ring (bicyclic) bond motifs is 3. The van der Waals surface area contributed by atoms with Crippen molar-refractivity contribution in [3.63, 3.8) is 0 Å². The van der Waals surface area contributed by atoms with E-state index in [2.05, 4.69) is 17.5 Å². The summed E-state index contributed by atoms with van der Waals surface area (Å²) >= 11 is 2.87. The molecule has 0 radical (unpaired) electrons. The van der Waals surface area contributed by atoms with Crippen LogP contribution in [-0.4, -0.2) is 27.4 Å². The number of nitrogens with one attached hydrogen (secondary N) is 1. The first kappa shape index (κ1) is 24.5. The van der Waals surface area contributed by atoms with Crippen LogP contribution in [0.25, 0.3) is 15.9 Å². The Morgan fingerprint density at radius 1 is 1.14 bits per heavy atom. The molecule has 1 N–H and O–H groups in total. The molecule has 8 heteroatoms. The predicted molar refractivity (Wildman–Crippen MR) is 149 cm³/mol. The van der Waals surface area contributed by atoms with Gasteiger partial charge in [-0.3, -0.25) is 14.2 Å². The highest BCUT2D eigenvalue weighted by Crippen LogP contribution is 2.35. The van der Waals surface area contributed by atoms with Crippen molar-refractivity contribution in [2.75, 3.05) is 5.75 Å². The number of benzene rings is 2. The summed E-state index contributed by atoms with van der Waals surface area (Å²) in [4.78, 5) is 33.3. The van der Waals surface area contributed by atoms with Gasteiger partial charge in [-0.1, -0.05) is 60.6 Å². The molecule has 0 atom stereocenters. The van der Waals surface area contributed by atoms with Crippen molar-refractivity contribution in [3.05, 3.63) is 86.0 Å². The number of hydrazone groups is 1. The third-order valence-corrected chi connectivity index (χ3v) is 8.50. The van der Waals surface area contributed by atoms with Gasteiger partial charge in [-0.05, 0) is 67.9 Å². The molecule has 0 unspecified atom stereocenters. The van der Waals surface area contributed by atoms with Gasteiger partial charge in [0.1, 0.15) is 4.83 Å². The van der Waals surface area contributed by atoms with Crippen LogP contribution >= 0.6 is 23.1 Å². The van der Waals surface area contributed by atoms with E-state index in [1.165, 1.54) is 22.2 Å². The molecule has 0 aliphatic heterocycles. The minimum absolute atomic E-state index is 0.0558. The number of hydrogen-bond acceptors (Lipinski definition) is 6. The van der Waals surface area contributed by atoms with Gasteiger partial charge in [0.15, 0.2) is 5.16 Å². The zero-order chi connectivity index (χ0) is 25.1. The van der Waals surface area contributed by atoms with Crippen LogP contribution in [0.3, 0.4) is 0 Å². The number of hydrogen-bond donors (Lipinski definition) is 1. The van der Waals surface area contributed by atoms with Gasteiger partial charge in [0.2, 0.25) is 0 Å². The van der Waals surface area contributed by atoms with Crippen LogP contribution in [0.4, 0.5) is 0 Å². The second-order valence-corrected chi connectivity index (χ2v) is 11.0. The second-order valence-electron chi connectivity index (χ2n) is 8.94. The Labute approximate surface area is 218 Å². The maximum absolute atomic E-state index is 13.8. The molecule has 36 heavy (non-hydrogen) atoms. The number of thiophene rings is 1. The Bertz CT molecular complexity index is 1490. The van der Waals surface area contributed by atoms with Gasteiger partial charge in [-0.2, -0.15) is 5.10 Å². The lowest BCUT2D eigenvalue weighted by atomic mass is 9.97. The normalized spacial score (nSPS) is 13.3. The van der Waals surface area contributed by atoms with Crippen LogP contribution < -0.4 is 11.0 Å². The van der Waals surface area contributed by atoms with Crippen molar-refractivity contribution >= 4 is 45.4 Å². The molecule has 0 spiro atoms. The molecule has 2 aromatic carbocycles. The summed E-state index contributed by atoms with van der Waals surface area (Å²) in [6.07, 6.45) is 6.79. The smallest absolute Gasteiger partial charge is 0.267 e. The SMILES string of the molecule is CCc1ccc(C=NNC(=O)CSc2nc3sc4c(c3c(=O)n2-c2ccc(C)cc2)CCCC4)cc1. The van der Waals surface area contributed by atoms with Gasteiger partial charge < -0.3 is 0 Å². The largest absolute Gasteiger partial charge is 0.272 e. The number of nitrogens with zero attached hydrogens (tertiary/aromatic N) is 3. The van der Waals surface area contributed by atoms with E-state index in [-0.39, 0.29) is 17.2 Å². The second kappa shape index (κ2) is 10.8. The third kappa shape index (κ3) is 5.15. The summed E-state index contributed by atoms with van der Waals surface area (Å²) in [6, 6.07) is 15.9. The molecule has 0 bridgehead atoms. The van der Waals surface area contributed by atoms with Crippen molar-refractivity contribution in [2.24, 2.45) is 5.10 Å². The van der Waals surface area contributed by atoms with E-state index in [4.69, 9.17) is 4.98 Å². The molecule has 0 saturated heterocycles. The first-order valence-corrected chi connectivity index (χ1v) is 14.0. The van der Waals surface area contributed by atoms with Crippen molar-refractivity contribution < 1.29 is 4.79 Å². The monoisotopic (exact) mass is 516 g/mol. The Morgan fingerprint density at radius 2 is 1.89 bits per heavy atom. The molecule has 2 aromatic heterocycles. The van der Waals surface area contributed by atoms with E-state index in [0.29, 0.717) is 5.16 Å². The summed E-state index contributed by atoms with van der Waals surface area (Å²) in [6.45, 7) is 4.13. The molecule has 1 amide bonds. The number of rotatable bonds is 7. The van der Waals surface area contributed by atoms with Crippen molar-refractivity contribution in [1.82, 2.24) is 15.0 Å². The van der Waals surface area contributed by atoms with E-state index < -0.39 is 0 Å². The minimum Gasteiger partial charge on any atom is -0.272 e. The minimum atomic E-state index is -0.253. The molecular formula is C28H28N4O2S2. The first-order valence-electron chi connectivity index (χ1n) is 12.2. The molecule has 5 rings (SSSR count). The van der Waals surface area contributed by atoms with E-state index in [1.54, 1.807) is 22.1 Å². The highest BCUT2D eigenvalue weighted by molar-refractivity contribution is 7.99. The average Bonchev–Trinajstić information content (AvgIpc) is 3.27. The summed E-state index contributed by atoms with van der Waals surface area (Å²) in [5.41, 5.74) is 7.74. The molecule has 4 aromatic rings. The standard InChI is InChI=1S/C28H28N4O2S2/c1-3-19-10-12-20(13-11-19)16-29-31-24(33)17-35-28-30-26-25(22-6-4-5-7-23(22)36-26)27(34)32(28)21-14-8-18(2)9-15-21/h8-16H,3-7,17H2,1-2H3,(H,31,33). The Kier molecular flexibility index (Phi) is 7.34. The van der Waals surface area contributed by atoms with Crippen LogP contribution in [0.1, 0.15) is 46.9 Å². The van der Waals surface area contributed by atoms with Gasteiger partial charge >= 0.3 is 0 Å². The predicted octanol–water partition coefficient (Wildman–Crippen LogP) is 5.44. The fourth-order valence-corrected chi connectivity index (χ4v) is 6.49. The molecule has 2 heterocycles. The number of thioether (sulfide) groups is 1. The Balaban J connectivity index is 1.40. The molecule has 0 fully saturated rings. The van der Waals surface area contributed by atoms with Crippen LogP contribution in [0.5, 0.6) is 0 Å². The molecule has 1 aliphatic carbocycles. The van der Waals surface area contributed by atoms with Gasteiger partial charge in [0, 0.05) is 4.88 Å². The maximum Gasteiger partial charge on any atom is 0.267 e. The lowest BCUT2D eigenvalue weighted by molar-refractivity contribution is -0.118. The summed E-state index contributed by atoms with van der Waals surface area (Å²) < 4.78 is 1.65. The average molecular weight is 517 g/mol. The zero-order valence-corrected chi connectivity index (χ0v) is 22.0. The lowest BCUT2D eigenvalue weighted by Crippen LogP contribution is -2.24. The van der Waals surface area contributed by atoms with Crippen molar-refractivity contribution in [3.8, 4) is 5.69 Å². The molecule has 184 valence electrons. The number of aryl methyl sites for hydroxylation is 4. The molecule has 0 saturated carbocycles. The van der Waals surface area contributed by atoms with E-state index >= 15 is 0 Å². The van der Waals surface area contributed by atoms with E-state index in [1.807, 2.05) is 55.5 Å². The van der Waals surface area contributed by atoms with Crippen LogP contribution in [0, 0.1) is 6.92 Å². The fourth-order valence-electron chi connectivity index (χ4n) is 4.39. The highest BCUT2D eigenvalue weighted by atomic mass is 32.2. The number of carbonyl (C=O) groups is 1. The van der Waals surface area contributed by atoms with E-state index in [0.717, 1.165) is 64.7 Å². The zero-order valence-electron chi connectivity index (χ0n) is 20.4. The number of carbonyl (C=O) groups excluding carboxylic acids is 1. The van der Waals surface area contributed by atoms with Gasteiger partial charge in [-0.25, -0.2) is 10.4 Å². The Morgan fingerprint density at radius 3 is 2.64 bits per heavy atom. The number of amides is 1. The maximum atomic E-state index is 13.8. The van der Waals surface area contributed by atoms with Crippen LogP contribution in [0.15, 0.2) is 63.6 Å². The summed E-state index contributed by atoms with van der Waals surface area (Å²) in [5.74, 6) is -0.155. The van der Waals surface area contributed by atoms with Gasteiger partial charge in [-0.15, -0.1) is 11.3 Å². The highest BCUT2D eigenvalue weighted by Gasteiger charge is 2.23. The van der Waals surface area contributed by atoms with Crippen LogP contribution in [0.2, 0.25) is 0 Å². The number of aromatic nitrogens is 2. The first-order chi connectivity index (χ1) is 17.5. The molecule has 6 nitrogen and oxygen atoms in total. The van der Waals surface area contributed by atoms with Crippen molar-refractivity contribution in [1.29, 1.82) is 0 Å². The quantitative estimate of drug-likeness (QED) is 0.154. The van der Waals surface area contributed by atoms with Gasteiger partial charge in [0.25, 0.3) is 11.5 Å². The third-order valence-electron chi connectivity index (χ3n) is 6.37. The summed E-state index contributed by atoms with van der Waals surface area (Å²) in [5, 5.41) is 5.34. The van der Waals surface area contributed by atoms with Crippen molar-refractivity contribution in [2.45, 2.75) is 51.1 Å². The fraction of sp³-hybridized carbons (Fsp3) is 0.286. The van der Waals surface area contributed by atoms with Crippen LogP contribution in [-0.2, 0) is 24.1 Å². The lowest BCUT2D eigenvalue weighted by Gasteiger charge is -2.13. The topological polar surface area (TPSA) is 76.3 Å².